The molecule has 1 aromatic carbocycles. The number of sulfonamides is 1. The summed E-state index contributed by atoms with van der Waals surface area (Å²) in [7, 11) is -3.75. The first-order valence-corrected chi connectivity index (χ1v) is 9.99. The average Bonchev–Trinajstić information content (AvgIpc) is 2.39. The lowest BCUT2D eigenvalue weighted by molar-refractivity contribution is 0.597. The molecule has 1 aliphatic heterocycles. The van der Waals surface area contributed by atoms with Gasteiger partial charge in [-0.25, -0.2) is 13.6 Å². The van der Waals surface area contributed by atoms with Gasteiger partial charge in [0.2, 0.25) is 10.0 Å². The Morgan fingerprint density at radius 2 is 2.15 bits per heavy atom. The van der Waals surface area contributed by atoms with Gasteiger partial charge >= 0.3 is 0 Å². The normalized spacial score (nSPS) is 19.8. The number of nitrogen functional groups attached to an aromatic ring is 1. The molecule has 1 atom stereocenters. The molecule has 0 saturated carbocycles. The molecule has 1 saturated heterocycles. The first kappa shape index (κ1) is 15.8. The minimum atomic E-state index is -3.75. The highest BCUT2D eigenvalue weighted by atomic mass is 32.2. The molecule has 0 radical (unpaired) electrons. The summed E-state index contributed by atoms with van der Waals surface area (Å²) in [5, 5.41) is 9.05. The Hall–Kier alpha value is -0.570. The standard InChI is InChI=1S/C12H19N3O2S3/c1-8-11(15-6-10-7-18-2-3-19-10)4-9(13)5-12(8)20(14,16)17/h4-5,10,15H,2-3,6-7,13H2,1H3,(H2,14,16,17). The Bertz CT molecular complexity index is 584. The number of hydrogen-bond acceptors (Lipinski definition) is 6. The van der Waals surface area contributed by atoms with E-state index in [2.05, 4.69) is 5.32 Å². The van der Waals surface area contributed by atoms with Gasteiger partial charge in [0.1, 0.15) is 0 Å². The summed E-state index contributed by atoms with van der Waals surface area (Å²) in [4.78, 5) is 0.0886. The molecule has 1 unspecified atom stereocenters. The van der Waals surface area contributed by atoms with Gasteiger partial charge in [0.25, 0.3) is 0 Å². The minimum absolute atomic E-state index is 0.0886. The number of nitrogens with one attached hydrogen (secondary N) is 1. The second kappa shape index (κ2) is 6.46. The number of anilines is 2. The fraction of sp³-hybridized carbons (Fsp3) is 0.500. The zero-order valence-corrected chi connectivity index (χ0v) is 13.7. The van der Waals surface area contributed by atoms with Crippen molar-refractivity contribution in [3.8, 4) is 0 Å². The third-order valence-corrected chi connectivity index (χ3v) is 6.98. The van der Waals surface area contributed by atoms with Gasteiger partial charge < -0.3 is 11.1 Å². The Kier molecular flexibility index (Phi) is 5.11. The lowest BCUT2D eigenvalue weighted by Crippen LogP contribution is -2.24. The van der Waals surface area contributed by atoms with Crippen molar-refractivity contribution in [3.63, 3.8) is 0 Å². The average molecular weight is 334 g/mol. The molecule has 5 N–H and O–H groups in total. The molecule has 5 nitrogen and oxygen atoms in total. The SMILES string of the molecule is Cc1c(NCC2CSCCS2)cc(N)cc1S(N)(=O)=O. The molecule has 1 heterocycles. The number of rotatable bonds is 4. The van der Waals surface area contributed by atoms with Crippen molar-refractivity contribution in [3.05, 3.63) is 17.7 Å². The summed E-state index contributed by atoms with van der Waals surface area (Å²) in [5.41, 5.74) is 7.52. The maximum Gasteiger partial charge on any atom is 0.238 e. The van der Waals surface area contributed by atoms with E-state index in [0.29, 0.717) is 16.5 Å². The Morgan fingerprint density at radius 1 is 1.40 bits per heavy atom. The number of benzene rings is 1. The molecule has 0 aromatic heterocycles. The van der Waals surface area contributed by atoms with Crippen LogP contribution in [0.1, 0.15) is 5.56 Å². The van der Waals surface area contributed by atoms with Crippen LogP contribution in [0.5, 0.6) is 0 Å². The topological polar surface area (TPSA) is 98.2 Å². The summed E-state index contributed by atoms with van der Waals surface area (Å²) >= 11 is 3.90. The van der Waals surface area contributed by atoms with Crippen LogP contribution >= 0.6 is 23.5 Å². The van der Waals surface area contributed by atoms with E-state index in [1.807, 2.05) is 23.5 Å². The van der Waals surface area contributed by atoms with E-state index < -0.39 is 10.0 Å². The van der Waals surface area contributed by atoms with E-state index in [-0.39, 0.29) is 4.90 Å². The molecule has 2 rings (SSSR count). The van der Waals surface area contributed by atoms with Crippen molar-refractivity contribution < 1.29 is 8.42 Å². The van der Waals surface area contributed by atoms with Gasteiger partial charge in [0, 0.05) is 40.4 Å². The lowest BCUT2D eigenvalue weighted by Gasteiger charge is -2.22. The van der Waals surface area contributed by atoms with Crippen molar-refractivity contribution in [2.45, 2.75) is 17.1 Å². The maximum absolute atomic E-state index is 11.6. The number of primary sulfonamides is 1. The smallest absolute Gasteiger partial charge is 0.238 e. The largest absolute Gasteiger partial charge is 0.399 e. The quantitative estimate of drug-likeness (QED) is 0.722. The predicted molar refractivity (Wildman–Crippen MR) is 89.0 cm³/mol. The van der Waals surface area contributed by atoms with E-state index in [4.69, 9.17) is 10.9 Å². The molecule has 8 heteroatoms. The van der Waals surface area contributed by atoms with Gasteiger partial charge in [-0.15, -0.1) is 0 Å². The zero-order valence-electron chi connectivity index (χ0n) is 11.3. The Balaban J connectivity index is 2.17. The lowest BCUT2D eigenvalue weighted by atomic mass is 10.1. The van der Waals surface area contributed by atoms with Crippen LogP contribution in [0, 0.1) is 6.92 Å². The molecular weight excluding hydrogens is 314 g/mol. The minimum Gasteiger partial charge on any atom is -0.399 e. The molecule has 1 aliphatic rings. The van der Waals surface area contributed by atoms with Gasteiger partial charge in [0.15, 0.2) is 0 Å². The molecule has 0 aliphatic carbocycles. The van der Waals surface area contributed by atoms with Crippen LogP contribution in [0.2, 0.25) is 0 Å². The second-order valence-corrected chi connectivity index (χ2v) is 8.77. The zero-order chi connectivity index (χ0) is 14.8. The highest BCUT2D eigenvalue weighted by Gasteiger charge is 2.18. The molecule has 0 amide bonds. The molecular formula is C12H19N3O2S3. The number of thioether (sulfide) groups is 2. The maximum atomic E-state index is 11.6. The molecule has 1 fully saturated rings. The molecule has 0 bridgehead atoms. The highest BCUT2D eigenvalue weighted by Crippen LogP contribution is 2.28. The van der Waals surface area contributed by atoms with Crippen LogP contribution in [0.3, 0.4) is 0 Å². The van der Waals surface area contributed by atoms with Crippen LogP contribution in [-0.2, 0) is 10.0 Å². The van der Waals surface area contributed by atoms with E-state index >= 15 is 0 Å². The number of hydrogen-bond donors (Lipinski definition) is 3. The van der Waals surface area contributed by atoms with E-state index in [0.717, 1.165) is 23.7 Å². The highest BCUT2D eigenvalue weighted by molar-refractivity contribution is 8.06. The fourth-order valence-electron chi connectivity index (χ4n) is 2.07. The van der Waals surface area contributed by atoms with Gasteiger partial charge in [-0.3, -0.25) is 0 Å². The third-order valence-electron chi connectivity index (χ3n) is 3.09. The summed E-state index contributed by atoms with van der Waals surface area (Å²) in [6.07, 6.45) is 0. The Labute approximate surface area is 128 Å². The van der Waals surface area contributed by atoms with Crippen LogP contribution in [0.4, 0.5) is 11.4 Å². The van der Waals surface area contributed by atoms with Gasteiger partial charge in [-0.2, -0.15) is 23.5 Å². The van der Waals surface area contributed by atoms with E-state index in [1.54, 1.807) is 13.0 Å². The van der Waals surface area contributed by atoms with Crippen molar-refractivity contribution in [2.75, 3.05) is 34.9 Å². The van der Waals surface area contributed by atoms with Crippen molar-refractivity contribution in [1.29, 1.82) is 0 Å². The van der Waals surface area contributed by atoms with Gasteiger partial charge in [-0.1, -0.05) is 0 Å². The summed E-state index contributed by atoms with van der Waals surface area (Å²) < 4.78 is 23.1. The fourth-order valence-corrected chi connectivity index (χ4v) is 5.52. The van der Waals surface area contributed by atoms with Crippen molar-refractivity contribution in [2.24, 2.45) is 5.14 Å². The van der Waals surface area contributed by atoms with E-state index in [1.165, 1.54) is 11.8 Å². The summed E-state index contributed by atoms with van der Waals surface area (Å²) in [6, 6.07) is 3.16. The molecule has 1 aromatic rings. The molecule has 20 heavy (non-hydrogen) atoms. The predicted octanol–water partition coefficient (Wildman–Crippen LogP) is 1.49. The monoisotopic (exact) mass is 333 g/mol. The van der Waals surface area contributed by atoms with Gasteiger partial charge in [0.05, 0.1) is 4.90 Å². The molecule has 112 valence electrons. The Morgan fingerprint density at radius 3 is 2.75 bits per heavy atom. The second-order valence-electron chi connectivity index (χ2n) is 4.69. The van der Waals surface area contributed by atoms with Crippen LogP contribution in [0.25, 0.3) is 0 Å². The van der Waals surface area contributed by atoms with Crippen molar-refractivity contribution in [1.82, 2.24) is 0 Å². The van der Waals surface area contributed by atoms with Gasteiger partial charge in [-0.05, 0) is 24.6 Å². The first-order chi connectivity index (χ1) is 9.38. The van der Waals surface area contributed by atoms with Crippen LogP contribution in [0.15, 0.2) is 17.0 Å². The summed E-state index contributed by atoms with van der Waals surface area (Å²) in [6.45, 7) is 2.54. The van der Waals surface area contributed by atoms with Crippen molar-refractivity contribution >= 4 is 44.9 Å². The van der Waals surface area contributed by atoms with E-state index in [9.17, 15) is 8.42 Å². The number of nitrogens with two attached hydrogens (primary N) is 2. The van der Waals surface area contributed by atoms with Crippen LogP contribution in [-0.4, -0.2) is 37.5 Å². The molecule has 0 spiro atoms. The summed E-state index contributed by atoms with van der Waals surface area (Å²) in [5.74, 6) is 3.48. The third kappa shape index (κ3) is 3.97. The van der Waals surface area contributed by atoms with Crippen LogP contribution < -0.4 is 16.2 Å². The first-order valence-electron chi connectivity index (χ1n) is 6.24.